The fourth-order valence-electron chi connectivity index (χ4n) is 4.92. The van der Waals surface area contributed by atoms with Crippen molar-refractivity contribution < 1.29 is 47.8 Å². The molecule has 0 saturated carbocycles. The van der Waals surface area contributed by atoms with Crippen LogP contribution in [0.1, 0.15) is 44.4 Å². The maximum atomic E-state index is 13.7. The van der Waals surface area contributed by atoms with Crippen LogP contribution in [-0.4, -0.2) is 72.7 Å². The Kier molecular flexibility index (Phi) is 9.76. The molecule has 2 amide bonds. The van der Waals surface area contributed by atoms with Gasteiger partial charge in [0, 0.05) is 33.3 Å². The molecule has 2 aliphatic heterocycles. The zero-order chi connectivity index (χ0) is 31.3. The minimum atomic E-state index is -1.46. The number of aryl methyl sites for hydroxylation is 1. The lowest BCUT2D eigenvalue weighted by Crippen LogP contribution is -2.66. The van der Waals surface area contributed by atoms with E-state index in [-0.39, 0.29) is 12.3 Å². The molecule has 1 saturated heterocycles. The SMILES string of the molecule is CC(=O)N[C@H]1C(O/N=C2/C(=O)N(Cc3ccccc3)c3ccc(C)cc32)O[C@H](COC(C)=O)[C@@H](OC(C)=O)[C@@H]1OC(C)=O. The highest BCUT2D eigenvalue weighted by atomic mass is 16.8. The maximum Gasteiger partial charge on any atom is 0.303 e. The molecule has 43 heavy (non-hydrogen) atoms. The molecule has 2 heterocycles. The largest absolute Gasteiger partial charge is 0.463 e. The molecule has 1 fully saturated rings. The first-order chi connectivity index (χ1) is 20.4. The van der Waals surface area contributed by atoms with Gasteiger partial charge in [0.2, 0.25) is 5.91 Å². The number of oxime groups is 1. The van der Waals surface area contributed by atoms with E-state index < -0.39 is 67.0 Å². The van der Waals surface area contributed by atoms with Crippen molar-refractivity contribution >= 4 is 41.1 Å². The zero-order valence-corrected chi connectivity index (χ0v) is 24.4. The number of carbonyl (C=O) groups is 5. The first kappa shape index (κ1) is 31.2. The minimum absolute atomic E-state index is 0.0116. The molecule has 0 radical (unpaired) electrons. The molecule has 1 N–H and O–H groups in total. The summed E-state index contributed by atoms with van der Waals surface area (Å²) in [6.07, 6.45) is -5.26. The predicted octanol–water partition coefficient (Wildman–Crippen LogP) is 1.92. The molecule has 0 aliphatic carbocycles. The van der Waals surface area contributed by atoms with Crippen LogP contribution < -0.4 is 10.2 Å². The monoisotopic (exact) mass is 595 g/mol. The first-order valence-corrected chi connectivity index (χ1v) is 13.6. The van der Waals surface area contributed by atoms with Crippen LogP contribution in [0.2, 0.25) is 0 Å². The fraction of sp³-hybridized carbons (Fsp3) is 0.400. The Morgan fingerprint density at radius 1 is 0.930 bits per heavy atom. The lowest BCUT2D eigenvalue weighted by Gasteiger charge is -2.43. The van der Waals surface area contributed by atoms with Gasteiger partial charge in [-0.25, -0.2) is 0 Å². The van der Waals surface area contributed by atoms with Crippen LogP contribution in [0.4, 0.5) is 5.69 Å². The quantitative estimate of drug-likeness (QED) is 0.258. The number of amides is 2. The normalized spacial score (nSPS) is 23.7. The van der Waals surface area contributed by atoms with Gasteiger partial charge in [0.05, 0.1) is 12.2 Å². The second kappa shape index (κ2) is 13.5. The van der Waals surface area contributed by atoms with Crippen LogP contribution in [0.5, 0.6) is 0 Å². The number of hydrogen-bond donors (Lipinski definition) is 1. The van der Waals surface area contributed by atoms with E-state index in [1.54, 1.807) is 11.0 Å². The van der Waals surface area contributed by atoms with Gasteiger partial charge in [-0.15, -0.1) is 0 Å². The average Bonchev–Trinajstić information content (AvgIpc) is 3.18. The summed E-state index contributed by atoms with van der Waals surface area (Å²) in [5.74, 6) is -3.09. The molecule has 2 aromatic carbocycles. The molecular formula is C30H33N3O10. The lowest BCUT2D eigenvalue weighted by molar-refractivity contribution is -0.278. The number of ether oxygens (including phenoxy) is 4. The summed E-state index contributed by atoms with van der Waals surface area (Å²) in [5, 5.41) is 6.78. The van der Waals surface area contributed by atoms with Gasteiger partial charge in [0.25, 0.3) is 12.2 Å². The van der Waals surface area contributed by atoms with E-state index in [2.05, 4.69) is 10.5 Å². The number of nitrogens with zero attached hydrogens (tertiary/aromatic N) is 2. The Morgan fingerprint density at radius 2 is 1.60 bits per heavy atom. The third-order valence-electron chi connectivity index (χ3n) is 6.65. The van der Waals surface area contributed by atoms with Crippen molar-refractivity contribution in [3.63, 3.8) is 0 Å². The first-order valence-electron chi connectivity index (χ1n) is 13.6. The van der Waals surface area contributed by atoms with Crippen LogP contribution >= 0.6 is 0 Å². The summed E-state index contributed by atoms with van der Waals surface area (Å²) >= 11 is 0. The van der Waals surface area contributed by atoms with Crippen molar-refractivity contribution in [2.45, 2.75) is 71.8 Å². The van der Waals surface area contributed by atoms with Crippen molar-refractivity contribution in [3.05, 3.63) is 65.2 Å². The minimum Gasteiger partial charge on any atom is -0.463 e. The van der Waals surface area contributed by atoms with Crippen molar-refractivity contribution in [1.82, 2.24) is 5.32 Å². The second-order valence-electron chi connectivity index (χ2n) is 10.2. The molecule has 1 unspecified atom stereocenters. The second-order valence-corrected chi connectivity index (χ2v) is 10.2. The molecule has 0 spiro atoms. The molecule has 2 aromatic rings. The van der Waals surface area contributed by atoms with E-state index in [0.717, 1.165) is 25.0 Å². The number of esters is 3. The fourth-order valence-corrected chi connectivity index (χ4v) is 4.92. The summed E-state index contributed by atoms with van der Waals surface area (Å²) in [6, 6.07) is 13.7. The van der Waals surface area contributed by atoms with Crippen LogP contribution in [0.3, 0.4) is 0 Å². The number of fused-ring (bicyclic) bond motifs is 1. The van der Waals surface area contributed by atoms with Gasteiger partial charge < -0.3 is 34.0 Å². The molecule has 228 valence electrons. The molecule has 13 nitrogen and oxygen atoms in total. The topological polar surface area (TPSA) is 159 Å². The lowest BCUT2D eigenvalue weighted by atomic mass is 9.96. The summed E-state index contributed by atoms with van der Waals surface area (Å²) in [7, 11) is 0. The van der Waals surface area contributed by atoms with Gasteiger partial charge in [0.1, 0.15) is 18.8 Å². The number of benzene rings is 2. The van der Waals surface area contributed by atoms with Gasteiger partial charge in [0.15, 0.2) is 17.9 Å². The maximum absolute atomic E-state index is 13.7. The van der Waals surface area contributed by atoms with E-state index in [9.17, 15) is 24.0 Å². The Labute approximate surface area is 248 Å². The van der Waals surface area contributed by atoms with Crippen LogP contribution in [0.25, 0.3) is 0 Å². The molecular weight excluding hydrogens is 562 g/mol. The Bertz CT molecular complexity index is 1430. The van der Waals surface area contributed by atoms with E-state index in [0.29, 0.717) is 11.3 Å². The third kappa shape index (κ3) is 7.55. The molecule has 5 atom stereocenters. The number of anilines is 1. The van der Waals surface area contributed by atoms with Gasteiger partial charge in [-0.1, -0.05) is 47.1 Å². The van der Waals surface area contributed by atoms with Crippen molar-refractivity contribution in [1.29, 1.82) is 0 Å². The Hall–Kier alpha value is -4.78. The number of nitrogens with one attached hydrogen (secondary N) is 1. The van der Waals surface area contributed by atoms with Gasteiger partial charge in [-0.05, 0) is 24.6 Å². The number of carbonyl (C=O) groups excluding carboxylic acids is 5. The van der Waals surface area contributed by atoms with Gasteiger partial charge in [-0.2, -0.15) is 0 Å². The predicted molar refractivity (Wildman–Crippen MR) is 150 cm³/mol. The molecule has 0 aromatic heterocycles. The summed E-state index contributed by atoms with van der Waals surface area (Å²) in [6.45, 7) is 6.44. The van der Waals surface area contributed by atoms with Crippen molar-refractivity contribution in [2.24, 2.45) is 5.16 Å². The third-order valence-corrected chi connectivity index (χ3v) is 6.65. The van der Waals surface area contributed by atoms with E-state index >= 15 is 0 Å². The molecule has 0 bridgehead atoms. The van der Waals surface area contributed by atoms with E-state index in [1.807, 2.05) is 49.4 Å². The highest BCUT2D eigenvalue weighted by Crippen LogP contribution is 2.33. The van der Waals surface area contributed by atoms with Gasteiger partial charge in [-0.3, -0.25) is 24.0 Å². The summed E-state index contributed by atoms with van der Waals surface area (Å²) in [4.78, 5) is 68.9. The van der Waals surface area contributed by atoms with Crippen LogP contribution in [0, 0.1) is 6.92 Å². The highest BCUT2D eigenvalue weighted by molar-refractivity contribution is 6.54. The zero-order valence-electron chi connectivity index (χ0n) is 24.4. The number of hydrogen-bond acceptors (Lipinski definition) is 11. The molecule has 4 rings (SSSR count). The van der Waals surface area contributed by atoms with E-state index in [1.165, 1.54) is 13.8 Å². The van der Waals surface area contributed by atoms with Crippen molar-refractivity contribution in [2.75, 3.05) is 11.5 Å². The van der Waals surface area contributed by atoms with Gasteiger partial charge >= 0.3 is 17.9 Å². The van der Waals surface area contributed by atoms with E-state index in [4.69, 9.17) is 23.8 Å². The Morgan fingerprint density at radius 3 is 2.23 bits per heavy atom. The smallest absolute Gasteiger partial charge is 0.303 e. The molecule has 13 heteroatoms. The van der Waals surface area contributed by atoms with Crippen LogP contribution in [0.15, 0.2) is 53.7 Å². The Balaban J connectivity index is 1.71. The summed E-state index contributed by atoms with van der Waals surface area (Å²) in [5.41, 5.74) is 2.93. The average molecular weight is 596 g/mol. The standard InChI is InChI=1S/C30H33N3O10/c1-16-11-12-23-22(13-16)25(29(38)33(23)14-21-9-7-6-8-10-21)32-43-30-26(31-17(2)34)28(41-20(5)37)27(40-19(4)36)24(42-30)15-39-18(3)35/h6-13,24,26-28,30H,14-15H2,1-5H3,(H,31,34)/b32-25+/t24-,26-,27-,28-,30?/m1/s1. The highest BCUT2D eigenvalue weighted by Gasteiger charge is 2.52. The summed E-state index contributed by atoms with van der Waals surface area (Å²) < 4.78 is 22.0. The van der Waals surface area contributed by atoms with Crippen LogP contribution in [-0.2, 0) is 54.3 Å². The number of rotatable bonds is 9. The van der Waals surface area contributed by atoms with Crippen molar-refractivity contribution in [3.8, 4) is 0 Å². The molecule has 2 aliphatic rings.